The van der Waals surface area contributed by atoms with Crippen molar-refractivity contribution in [1.29, 1.82) is 0 Å². The van der Waals surface area contributed by atoms with Crippen molar-refractivity contribution in [2.75, 3.05) is 13.3 Å². The summed E-state index contributed by atoms with van der Waals surface area (Å²) >= 11 is 0. The molecule has 1 amide bonds. The molecule has 1 unspecified atom stereocenters. The number of hydrogen-bond acceptors (Lipinski definition) is 8. The number of alkyl halides is 4. The second kappa shape index (κ2) is 11.0. The van der Waals surface area contributed by atoms with E-state index in [1.54, 1.807) is 20.8 Å². The van der Waals surface area contributed by atoms with Gasteiger partial charge in [0.15, 0.2) is 21.2 Å². The number of rotatable bonds is 8. The van der Waals surface area contributed by atoms with E-state index in [-0.39, 0.29) is 12.8 Å². The van der Waals surface area contributed by atoms with Crippen molar-refractivity contribution in [3.63, 3.8) is 0 Å². The largest absolute Gasteiger partial charge is 0.467 e. The van der Waals surface area contributed by atoms with Crippen LogP contribution < -0.4 is 5.32 Å². The van der Waals surface area contributed by atoms with Crippen LogP contribution in [0.4, 0.5) is 26.7 Å². The summed E-state index contributed by atoms with van der Waals surface area (Å²) in [6.07, 6.45) is -3.58. The first kappa shape index (κ1) is 32.4. The summed E-state index contributed by atoms with van der Waals surface area (Å²) < 4.78 is 103. The van der Waals surface area contributed by atoms with E-state index in [0.717, 1.165) is 18.5 Å². The van der Waals surface area contributed by atoms with Gasteiger partial charge in [0, 0.05) is 6.21 Å². The number of amidine groups is 1. The molecule has 2 bridgehead atoms. The molecule has 0 saturated carbocycles. The molecule has 4 atom stereocenters. The van der Waals surface area contributed by atoms with E-state index in [0.29, 0.717) is 0 Å². The average Bonchev–Trinajstić information content (AvgIpc) is 2.99. The van der Waals surface area contributed by atoms with Crippen molar-refractivity contribution < 1.29 is 44.6 Å². The molecule has 0 aliphatic carbocycles. The number of allylic oxidation sites excluding steroid dienone is 1. The maximum atomic E-state index is 15.6. The fourth-order valence-corrected chi connectivity index (χ4v) is 7.44. The summed E-state index contributed by atoms with van der Waals surface area (Å²) in [5.74, 6) is -2.18. The third-order valence-corrected chi connectivity index (χ3v) is 9.84. The van der Waals surface area contributed by atoms with Crippen LogP contribution in [0, 0.1) is 5.41 Å². The van der Waals surface area contributed by atoms with E-state index in [4.69, 9.17) is 4.74 Å². The molecule has 1 saturated heterocycles. The highest BCUT2D eigenvalue weighted by atomic mass is 32.2. The van der Waals surface area contributed by atoms with Gasteiger partial charge in [-0.2, -0.15) is 13.2 Å². The number of halogens is 5. The maximum absolute atomic E-state index is 15.6. The molecule has 0 spiro atoms. The lowest BCUT2D eigenvalue weighted by atomic mass is 9.69. The lowest BCUT2D eigenvalue weighted by Crippen LogP contribution is -2.65. The molecule has 2 aliphatic rings. The monoisotopic (exact) mass is 584 g/mol. The summed E-state index contributed by atoms with van der Waals surface area (Å²) in [4.78, 5) is 24.2. The van der Waals surface area contributed by atoms with Crippen LogP contribution in [0.3, 0.4) is 0 Å². The van der Waals surface area contributed by atoms with Crippen molar-refractivity contribution in [1.82, 2.24) is 5.32 Å². The lowest BCUT2D eigenvalue weighted by Gasteiger charge is -2.48. The normalized spacial score (nSPS) is 29.0. The van der Waals surface area contributed by atoms with Crippen LogP contribution in [0.25, 0.3) is 0 Å². The molecule has 220 valence electrons. The molecule has 39 heavy (non-hydrogen) atoms. The number of nitrogens with one attached hydrogen (secondary N) is 1. The summed E-state index contributed by atoms with van der Waals surface area (Å²) in [6.45, 7) is 8.52. The highest BCUT2D eigenvalue weighted by Gasteiger charge is 2.70. The van der Waals surface area contributed by atoms with Gasteiger partial charge in [-0.25, -0.2) is 27.0 Å². The molecule has 9 nitrogen and oxygen atoms in total. The van der Waals surface area contributed by atoms with Crippen LogP contribution >= 0.6 is 0 Å². The molecule has 15 heteroatoms. The van der Waals surface area contributed by atoms with Gasteiger partial charge in [-0.1, -0.05) is 6.08 Å². The van der Waals surface area contributed by atoms with Gasteiger partial charge >= 0.3 is 12.3 Å². The molecule has 0 aromatic rings. The number of aliphatic imine (C=N–C) groups is 3. The smallest absolute Gasteiger partial charge is 0.422 e. The SMILES string of the molecule is C=N/C=C(\N=CC(C)(/C(F)=C\C)[C@@]1(C)N=C(NC(=O)OC(C)(C)C)[C@@]2(CF)CC[C@@H]1S2(=O)=O)OCC(F)(F)F. The van der Waals surface area contributed by atoms with Crippen LogP contribution in [-0.2, 0) is 19.3 Å². The van der Waals surface area contributed by atoms with E-state index in [9.17, 15) is 30.8 Å². The fourth-order valence-electron chi connectivity index (χ4n) is 4.64. The number of sulfone groups is 1. The predicted molar refractivity (Wildman–Crippen MR) is 137 cm³/mol. The van der Waals surface area contributed by atoms with Crippen LogP contribution in [-0.4, -0.2) is 73.9 Å². The van der Waals surface area contributed by atoms with Gasteiger partial charge in [0.2, 0.25) is 5.88 Å². The van der Waals surface area contributed by atoms with E-state index in [2.05, 4.69) is 31.7 Å². The lowest BCUT2D eigenvalue weighted by molar-refractivity contribution is -0.165. The molecule has 0 radical (unpaired) electrons. The Hall–Kier alpha value is -2.84. The van der Waals surface area contributed by atoms with Crippen molar-refractivity contribution in [3.8, 4) is 0 Å². The number of amides is 1. The number of alkyl carbamates (subject to hydrolysis) is 1. The number of carbonyl (C=O) groups is 1. The summed E-state index contributed by atoms with van der Waals surface area (Å²) in [5.41, 5.74) is -4.98. The number of carbonyl (C=O) groups excluding carboxylic acids is 1. The summed E-state index contributed by atoms with van der Waals surface area (Å²) in [5, 5.41) is 0.819. The number of ether oxygens (including phenoxy) is 2. The van der Waals surface area contributed by atoms with E-state index in [1.807, 2.05) is 0 Å². The number of nitrogens with zero attached hydrogens (tertiary/aromatic N) is 3. The topological polar surface area (TPSA) is 119 Å². The van der Waals surface area contributed by atoms with Gasteiger partial charge in [-0.3, -0.25) is 15.3 Å². The Labute approximate surface area is 224 Å². The Morgan fingerprint density at radius 1 is 1.28 bits per heavy atom. The molecular formula is C24H33F5N4O5S. The second-order valence-electron chi connectivity index (χ2n) is 10.6. The second-order valence-corrected chi connectivity index (χ2v) is 13.0. The molecule has 2 rings (SSSR count). The van der Waals surface area contributed by atoms with Gasteiger partial charge < -0.3 is 9.47 Å². The third kappa shape index (κ3) is 6.17. The van der Waals surface area contributed by atoms with Crippen LogP contribution in [0.5, 0.6) is 0 Å². The minimum atomic E-state index is -4.72. The number of hydrogen-bond donors (Lipinski definition) is 1. The van der Waals surface area contributed by atoms with E-state index < -0.39 is 79.5 Å². The van der Waals surface area contributed by atoms with Gasteiger partial charge in [0.25, 0.3) is 0 Å². The van der Waals surface area contributed by atoms with E-state index >= 15 is 4.39 Å². The first-order valence-electron chi connectivity index (χ1n) is 11.9. The van der Waals surface area contributed by atoms with Gasteiger partial charge in [0.1, 0.15) is 23.9 Å². The van der Waals surface area contributed by atoms with Gasteiger partial charge in [0.05, 0.1) is 22.4 Å². The Morgan fingerprint density at radius 2 is 1.90 bits per heavy atom. The molecule has 1 fully saturated rings. The van der Waals surface area contributed by atoms with Crippen LogP contribution in [0.2, 0.25) is 0 Å². The van der Waals surface area contributed by atoms with E-state index in [1.165, 1.54) is 20.8 Å². The van der Waals surface area contributed by atoms with Gasteiger partial charge in [-0.05, 0) is 61.1 Å². The highest BCUT2D eigenvalue weighted by molar-refractivity contribution is 7.94. The van der Waals surface area contributed by atoms with Crippen LogP contribution in [0.15, 0.2) is 39.0 Å². The zero-order valence-electron chi connectivity index (χ0n) is 22.5. The Bertz CT molecular complexity index is 1210. The van der Waals surface area contributed by atoms with Crippen molar-refractivity contribution in [3.05, 3.63) is 24.0 Å². The van der Waals surface area contributed by atoms with Gasteiger partial charge in [-0.15, -0.1) is 0 Å². The predicted octanol–water partition coefficient (Wildman–Crippen LogP) is 5.00. The first-order chi connectivity index (χ1) is 17.7. The summed E-state index contributed by atoms with van der Waals surface area (Å²) in [7, 11) is -4.44. The Morgan fingerprint density at radius 3 is 2.38 bits per heavy atom. The quantitative estimate of drug-likeness (QED) is 0.245. The van der Waals surface area contributed by atoms with Crippen molar-refractivity contribution in [2.24, 2.45) is 20.4 Å². The molecule has 0 aromatic heterocycles. The molecule has 1 N–H and O–H groups in total. The van der Waals surface area contributed by atoms with Crippen LogP contribution in [0.1, 0.15) is 54.4 Å². The zero-order chi connectivity index (χ0) is 30.1. The molecule has 0 aromatic carbocycles. The fraction of sp³-hybridized carbons (Fsp3) is 0.667. The Kier molecular flexibility index (Phi) is 9.10. The zero-order valence-corrected chi connectivity index (χ0v) is 23.3. The Balaban J connectivity index is 2.74. The molecular weight excluding hydrogens is 551 g/mol. The minimum Gasteiger partial charge on any atom is -0.467 e. The van der Waals surface area contributed by atoms with Crippen molar-refractivity contribution >= 4 is 34.7 Å². The number of fused-ring (bicyclic) bond motifs is 2. The minimum absolute atomic E-state index is 0.145. The maximum Gasteiger partial charge on any atom is 0.422 e. The average molecular weight is 585 g/mol. The molecule has 2 heterocycles. The standard InChI is InChI=1S/C24H33F5N4O5S/c1-8-15(26)21(5,13-31-17(11-30-7)37-14-24(27,28)29)22(6)16-9-10-23(12-25,39(16,35)36)18(33-22)32-19(34)38-20(2,3)4/h8,11,13,16H,7,9-10,12,14H2,1-6H3,(H,32,33,34)/b15-8+,17-11+,31-13?/t16-,21?,22-,23-/m0/s1. The van der Waals surface area contributed by atoms with Crippen molar-refractivity contribution in [2.45, 2.75) is 81.7 Å². The third-order valence-electron chi connectivity index (χ3n) is 6.80. The first-order valence-corrected chi connectivity index (χ1v) is 13.4. The molecule has 2 aliphatic heterocycles. The highest BCUT2D eigenvalue weighted by Crippen LogP contribution is 2.55. The summed E-state index contributed by atoms with van der Waals surface area (Å²) in [6, 6.07) is 0.